The summed E-state index contributed by atoms with van der Waals surface area (Å²) in [5.41, 5.74) is 4.52. The van der Waals surface area contributed by atoms with E-state index in [0.29, 0.717) is 0 Å². The van der Waals surface area contributed by atoms with Crippen molar-refractivity contribution in [3.05, 3.63) is 89.2 Å². The third-order valence-corrected chi connectivity index (χ3v) is 4.43. The zero-order valence-corrected chi connectivity index (χ0v) is 15.9. The van der Waals surface area contributed by atoms with Crippen LogP contribution in [0.15, 0.2) is 66.7 Å². The van der Waals surface area contributed by atoms with E-state index in [0.717, 1.165) is 34.0 Å². The fraction of sp³-hybridized carbons (Fsp3) is 0.125. The molecule has 3 heteroatoms. The minimum absolute atomic E-state index is 0.864. The molecule has 0 fully saturated rings. The Kier molecular flexibility index (Phi) is 6.06. The van der Waals surface area contributed by atoms with Crippen molar-refractivity contribution in [2.45, 2.75) is 0 Å². The Hall–Kier alpha value is -3.33. The molecule has 0 aliphatic rings. The lowest BCUT2D eigenvalue weighted by molar-refractivity contribution is -0.675. The fourth-order valence-electron chi connectivity index (χ4n) is 2.75. The van der Waals surface area contributed by atoms with Crippen LogP contribution in [0.2, 0.25) is 0 Å². The van der Waals surface area contributed by atoms with Crippen LogP contribution in [-0.4, -0.2) is 14.2 Å². The monoisotopic (exact) mass is 358 g/mol. The van der Waals surface area contributed by atoms with Gasteiger partial charge < -0.3 is 9.47 Å². The zero-order chi connectivity index (χ0) is 19.1. The summed E-state index contributed by atoms with van der Waals surface area (Å²) >= 11 is 0. The topological polar surface area (TPSA) is 22.3 Å². The smallest absolute Gasteiger partial charge is 0.205 e. The second kappa shape index (κ2) is 8.86. The zero-order valence-electron chi connectivity index (χ0n) is 15.9. The van der Waals surface area contributed by atoms with Gasteiger partial charge in [0.15, 0.2) is 0 Å². The highest BCUT2D eigenvalue weighted by Gasteiger charge is 2.07. The quantitative estimate of drug-likeness (QED) is 0.587. The Morgan fingerprint density at radius 3 is 1.37 bits per heavy atom. The summed E-state index contributed by atoms with van der Waals surface area (Å²) in [4.78, 5) is 0. The van der Waals surface area contributed by atoms with E-state index in [4.69, 9.17) is 9.47 Å². The first-order valence-electron chi connectivity index (χ1n) is 8.83. The van der Waals surface area contributed by atoms with Gasteiger partial charge in [-0.25, -0.2) is 0 Å². The highest BCUT2D eigenvalue weighted by atomic mass is 16.5. The van der Waals surface area contributed by atoms with Crippen LogP contribution in [0.4, 0.5) is 0 Å². The number of nitrogens with zero attached hydrogens (tertiary/aromatic N) is 1. The molecule has 3 aromatic rings. The lowest BCUT2D eigenvalue weighted by Crippen LogP contribution is -2.35. The summed E-state index contributed by atoms with van der Waals surface area (Å²) in [6.07, 6.45) is 8.44. The first kappa shape index (κ1) is 18.5. The van der Waals surface area contributed by atoms with Crippen LogP contribution in [0, 0.1) is 0 Å². The van der Waals surface area contributed by atoms with Crippen LogP contribution in [-0.2, 0) is 7.05 Å². The van der Waals surface area contributed by atoms with Gasteiger partial charge in [0.1, 0.15) is 18.5 Å². The Morgan fingerprint density at radius 1 is 0.593 bits per heavy atom. The number of benzene rings is 2. The largest absolute Gasteiger partial charge is 0.497 e. The van der Waals surface area contributed by atoms with E-state index in [1.807, 2.05) is 48.5 Å². The molecule has 0 aliphatic heterocycles. The number of pyridine rings is 1. The number of hydrogen-bond acceptors (Lipinski definition) is 2. The Bertz CT molecular complexity index is 863. The van der Waals surface area contributed by atoms with E-state index in [1.165, 1.54) is 0 Å². The van der Waals surface area contributed by atoms with Crippen molar-refractivity contribution in [3.63, 3.8) is 0 Å². The van der Waals surface area contributed by atoms with Crippen LogP contribution < -0.4 is 14.0 Å². The maximum atomic E-state index is 5.20. The molecule has 0 N–H and O–H groups in total. The second-order valence-corrected chi connectivity index (χ2v) is 6.15. The molecule has 27 heavy (non-hydrogen) atoms. The van der Waals surface area contributed by atoms with Crippen LogP contribution >= 0.6 is 0 Å². The fourth-order valence-corrected chi connectivity index (χ4v) is 2.75. The molecular weight excluding hydrogens is 334 g/mol. The van der Waals surface area contributed by atoms with Gasteiger partial charge in [-0.2, -0.15) is 4.57 Å². The van der Waals surface area contributed by atoms with E-state index >= 15 is 0 Å². The molecular formula is C24H24NO2+. The van der Waals surface area contributed by atoms with E-state index < -0.39 is 0 Å². The standard InChI is InChI=1S/C24H24NO2/c1-25-21(13-7-19-9-15-23(26-2)16-10-19)5-4-6-22(25)14-8-20-11-17-24(27-3)18-12-20/h4-18H,1-3H3/q+1/b13-7-,14-8-. The van der Waals surface area contributed by atoms with E-state index in [2.05, 4.69) is 54.1 Å². The van der Waals surface area contributed by atoms with Crippen LogP contribution in [0.5, 0.6) is 11.5 Å². The van der Waals surface area contributed by atoms with Crippen LogP contribution in [0.1, 0.15) is 22.5 Å². The van der Waals surface area contributed by atoms with Gasteiger partial charge in [0.05, 0.1) is 14.2 Å². The summed E-state index contributed by atoms with van der Waals surface area (Å²) in [6.45, 7) is 0. The van der Waals surface area contributed by atoms with E-state index in [-0.39, 0.29) is 0 Å². The van der Waals surface area contributed by atoms with E-state index in [9.17, 15) is 0 Å². The van der Waals surface area contributed by atoms with Gasteiger partial charge in [0.2, 0.25) is 11.4 Å². The summed E-state index contributed by atoms with van der Waals surface area (Å²) in [6, 6.07) is 22.3. The SMILES string of the molecule is COc1ccc(/C=C\c2cccc(/C=C\c3ccc(OC)cc3)[n+]2C)cc1. The Morgan fingerprint density at radius 2 is 1.00 bits per heavy atom. The van der Waals surface area contributed by atoms with Crippen LogP contribution in [0.3, 0.4) is 0 Å². The lowest BCUT2D eigenvalue weighted by atomic mass is 10.1. The molecule has 0 radical (unpaired) electrons. The molecule has 0 bridgehead atoms. The summed E-state index contributed by atoms with van der Waals surface area (Å²) in [5.74, 6) is 1.73. The molecule has 0 unspecified atom stereocenters. The minimum atomic E-state index is 0.864. The van der Waals surface area contributed by atoms with Crippen LogP contribution in [0.25, 0.3) is 24.3 Å². The van der Waals surface area contributed by atoms with Gasteiger partial charge in [-0.3, -0.25) is 0 Å². The van der Waals surface area contributed by atoms with Crippen molar-refractivity contribution < 1.29 is 14.0 Å². The molecule has 1 aromatic heterocycles. The second-order valence-electron chi connectivity index (χ2n) is 6.15. The molecule has 0 atom stereocenters. The van der Waals surface area contributed by atoms with Crippen molar-refractivity contribution in [2.24, 2.45) is 7.05 Å². The van der Waals surface area contributed by atoms with Crippen molar-refractivity contribution in [2.75, 3.05) is 14.2 Å². The molecule has 3 rings (SSSR count). The highest BCUT2D eigenvalue weighted by Crippen LogP contribution is 2.15. The Labute approximate surface area is 160 Å². The highest BCUT2D eigenvalue weighted by molar-refractivity contribution is 5.69. The Balaban J connectivity index is 1.78. The average Bonchev–Trinajstić information content (AvgIpc) is 2.73. The molecule has 3 nitrogen and oxygen atoms in total. The van der Waals surface area contributed by atoms with Gasteiger partial charge in [0, 0.05) is 24.3 Å². The molecule has 0 saturated carbocycles. The molecule has 1 heterocycles. The van der Waals surface area contributed by atoms with Crippen molar-refractivity contribution >= 4 is 24.3 Å². The number of hydrogen-bond donors (Lipinski definition) is 0. The third kappa shape index (κ3) is 4.85. The molecule has 0 aliphatic carbocycles. The first-order chi connectivity index (χ1) is 13.2. The predicted molar refractivity (Wildman–Crippen MR) is 111 cm³/mol. The number of ether oxygens (including phenoxy) is 2. The molecule has 0 amide bonds. The maximum absolute atomic E-state index is 5.20. The van der Waals surface area contributed by atoms with Crippen molar-refractivity contribution in [3.8, 4) is 11.5 Å². The summed E-state index contributed by atoms with van der Waals surface area (Å²) in [5, 5.41) is 0. The van der Waals surface area contributed by atoms with Crippen molar-refractivity contribution in [1.82, 2.24) is 0 Å². The van der Waals surface area contributed by atoms with E-state index in [1.54, 1.807) is 14.2 Å². The van der Waals surface area contributed by atoms with Gasteiger partial charge in [-0.15, -0.1) is 0 Å². The lowest BCUT2D eigenvalue weighted by Gasteiger charge is -2.01. The molecule has 136 valence electrons. The number of methoxy groups -OCH3 is 2. The number of aromatic nitrogens is 1. The predicted octanol–water partition coefficient (Wildman–Crippen LogP) is 4.87. The maximum Gasteiger partial charge on any atom is 0.205 e. The third-order valence-electron chi connectivity index (χ3n) is 4.43. The average molecular weight is 358 g/mol. The number of rotatable bonds is 6. The normalized spacial score (nSPS) is 11.2. The van der Waals surface area contributed by atoms with Gasteiger partial charge in [-0.1, -0.05) is 24.3 Å². The van der Waals surface area contributed by atoms with Gasteiger partial charge >= 0.3 is 0 Å². The molecule has 2 aromatic carbocycles. The summed E-state index contributed by atoms with van der Waals surface area (Å²) in [7, 11) is 5.42. The summed E-state index contributed by atoms with van der Waals surface area (Å²) < 4.78 is 12.6. The van der Waals surface area contributed by atoms with Gasteiger partial charge in [-0.05, 0) is 53.6 Å². The minimum Gasteiger partial charge on any atom is -0.497 e. The first-order valence-corrected chi connectivity index (χ1v) is 8.83. The van der Waals surface area contributed by atoms with Gasteiger partial charge in [0.25, 0.3) is 0 Å². The molecule has 0 saturated heterocycles. The molecule has 0 spiro atoms. The van der Waals surface area contributed by atoms with Crippen molar-refractivity contribution in [1.29, 1.82) is 0 Å².